The summed E-state index contributed by atoms with van der Waals surface area (Å²) in [4.78, 5) is 0. The molecule has 1 aromatic carbocycles. The number of rotatable bonds is 11. The maximum absolute atomic E-state index is 10.0. The zero-order chi connectivity index (χ0) is 18.8. The van der Waals surface area contributed by atoms with Gasteiger partial charge in [0.1, 0.15) is 6.07 Å². The largest absolute Gasteiger partial charge is 0.393 e. The summed E-state index contributed by atoms with van der Waals surface area (Å²) in [5, 5.41) is 10.0. The third-order valence-corrected chi connectivity index (χ3v) is 4.22. The normalized spacial score (nSPS) is 14.6. The van der Waals surface area contributed by atoms with Gasteiger partial charge >= 0.3 is 0 Å². The van der Waals surface area contributed by atoms with Gasteiger partial charge in [-0.2, -0.15) is 5.26 Å². The molecule has 138 valence electrons. The summed E-state index contributed by atoms with van der Waals surface area (Å²) in [6, 6.07) is 12.2. The highest BCUT2D eigenvalue weighted by atomic mass is 28.4. The van der Waals surface area contributed by atoms with Crippen molar-refractivity contribution in [3.05, 3.63) is 42.0 Å². The van der Waals surface area contributed by atoms with Gasteiger partial charge in [0.2, 0.25) is 11.9 Å². The zero-order valence-corrected chi connectivity index (χ0v) is 17.1. The Hall–Kier alpha value is -1.45. The Morgan fingerprint density at radius 1 is 1.08 bits per heavy atom. The Kier molecular flexibility index (Phi) is 9.08. The van der Waals surface area contributed by atoms with E-state index >= 15 is 0 Å². The summed E-state index contributed by atoms with van der Waals surface area (Å²) in [6.07, 6.45) is 4.65. The van der Waals surface area contributed by atoms with Crippen LogP contribution in [-0.4, -0.2) is 33.4 Å². The van der Waals surface area contributed by atoms with Crippen molar-refractivity contribution in [1.29, 1.82) is 5.26 Å². The van der Waals surface area contributed by atoms with E-state index in [0.29, 0.717) is 13.2 Å². The van der Waals surface area contributed by atoms with E-state index in [-0.39, 0.29) is 0 Å². The molecule has 0 saturated heterocycles. The molecule has 1 aromatic rings. The number of hydrogen-bond acceptors (Lipinski definition) is 4. The number of hydrogen-bond donors (Lipinski definition) is 0. The van der Waals surface area contributed by atoms with E-state index < -0.39 is 20.2 Å². The highest BCUT2D eigenvalue weighted by molar-refractivity contribution is 6.69. The van der Waals surface area contributed by atoms with Gasteiger partial charge in [-0.05, 0) is 44.1 Å². The Labute approximate surface area is 153 Å². The number of nitriles is 1. The summed E-state index contributed by atoms with van der Waals surface area (Å²) >= 11 is 0. The molecule has 0 N–H and O–H groups in total. The van der Waals surface area contributed by atoms with Crippen LogP contribution in [0.25, 0.3) is 6.08 Å². The van der Waals surface area contributed by atoms with Crippen LogP contribution in [0.2, 0.25) is 19.6 Å². The summed E-state index contributed by atoms with van der Waals surface area (Å²) in [6.45, 7) is 11.3. The van der Waals surface area contributed by atoms with E-state index in [4.69, 9.17) is 13.9 Å². The van der Waals surface area contributed by atoms with Crippen LogP contribution >= 0.6 is 0 Å². The van der Waals surface area contributed by atoms with E-state index in [9.17, 15) is 5.26 Å². The first-order valence-electron chi connectivity index (χ1n) is 8.95. The third-order valence-electron chi connectivity index (χ3n) is 3.27. The van der Waals surface area contributed by atoms with Crippen molar-refractivity contribution in [2.24, 2.45) is 0 Å². The van der Waals surface area contributed by atoms with Gasteiger partial charge in [-0.1, -0.05) is 50.3 Å². The van der Waals surface area contributed by atoms with Crippen molar-refractivity contribution in [3.8, 4) is 6.07 Å². The average molecular weight is 362 g/mol. The van der Waals surface area contributed by atoms with Gasteiger partial charge in [-0.15, -0.1) is 0 Å². The van der Waals surface area contributed by atoms with Crippen molar-refractivity contribution >= 4 is 14.4 Å². The average Bonchev–Trinajstić information content (AvgIpc) is 2.59. The fourth-order valence-electron chi connectivity index (χ4n) is 2.31. The predicted octanol–water partition coefficient (Wildman–Crippen LogP) is 4.99. The molecule has 0 amide bonds. The number of ether oxygens (including phenoxy) is 2. The van der Waals surface area contributed by atoms with Gasteiger partial charge in [0.25, 0.3) is 0 Å². The molecule has 1 atom stereocenters. The molecule has 0 unspecified atom stereocenters. The second-order valence-corrected chi connectivity index (χ2v) is 11.4. The quantitative estimate of drug-likeness (QED) is 0.411. The van der Waals surface area contributed by atoms with Crippen LogP contribution in [0.4, 0.5) is 0 Å². The number of nitrogens with zero attached hydrogens (tertiary/aromatic N) is 1. The Balaban J connectivity index is 3.21. The molecule has 5 heteroatoms. The highest BCUT2D eigenvalue weighted by Gasteiger charge is 2.43. The first-order chi connectivity index (χ1) is 11.9. The minimum atomic E-state index is -2.03. The maximum Gasteiger partial charge on any atom is 0.215 e. The third kappa shape index (κ3) is 7.53. The van der Waals surface area contributed by atoms with E-state index in [1.165, 1.54) is 0 Å². The minimum absolute atomic E-state index is 0.520. The lowest BCUT2D eigenvalue weighted by atomic mass is 10.0. The van der Waals surface area contributed by atoms with E-state index in [2.05, 4.69) is 25.7 Å². The monoisotopic (exact) mass is 361 g/mol. The maximum atomic E-state index is 10.0. The first-order valence-corrected chi connectivity index (χ1v) is 12.4. The van der Waals surface area contributed by atoms with Gasteiger partial charge < -0.3 is 13.9 Å². The minimum Gasteiger partial charge on any atom is -0.393 e. The molecule has 1 rings (SSSR count). The standard InChI is InChI=1S/C20H31NO3Si/c1-6-15-22-19(23-16-7-2)20(17-21,24-25(3,4)5)14-13-18-11-9-8-10-12-18/h8-14,19H,6-7,15-16H2,1-5H3/b14-13+/t20-/m1/s1. The first kappa shape index (κ1) is 21.6. The molecule has 4 nitrogen and oxygen atoms in total. The van der Waals surface area contributed by atoms with Crippen LogP contribution in [0.15, 0.2) is 36.4 Å². The van der Waals surface area contributed by atoms with Gasteiger partial charge in [0, 0.05) is 13.2 Å². The summed E-state index contributed by atoms with van der Waals surface area (Å²) in [7, 11) is -2.03. The van der Waals surface area contributed by atoms with Crippen molar-refractivity contribution in [2.45, 2.75) is 58.2 Å². The van der Waals surface area contributed by atoms with Crippen molar-refractivity contribution in [3.63, 3.8) is 0 Å². The van der Waals surface area contributed by atoms with E-state index in [1.54, 1.807) is 6.08 Å². The van der Waals surface area contributed by atoms with Crippen LogP contribution in [0.5, 0.6) is 0 Å². The van der Waals surface area contributed by atoms with E-state index in [0.717, 1.165) is 18.4 Å². The molecule has 0 aliphatic heterocycles. The molecule has 0 fully saturated rings. The smallest absolute Gasteiger partial charge is 0.215 e. The fraction of sp³-hybridized carbons (Fsp3) is 0.550. The molecule has 0 spiro atoms. The topological polar surface area (TPSA) is 51.5 Å². The Bertz CT molecular complexity index is 555. The van der Waals surface area contributed by atoms with Crippen LogP contribution in [-0.2, 0) is 13.9 Å². The molecule has 0 aliphatic rings. The van der Waals surface area contributed by atoms with Gasteiger partial charge in [0.15, 0.2) is 8.32 Å². The Morgan fingerprint density at radius 3 is 2.08 bits per heavy atom. The van der Waals surface area contributed by atoms with Gasteiger partial charge in [0.05, 0.1) is 0 Å². The molecule has 0 radical (unpaired) electrons. The van der Waals surface area contributed by atoms with Crippen molar-refractivity contribution < 1.29 is 13.9 Å². The van der Waals surface area contributed by atoms with Crippen molar-refractivity contribution in [1.82, 2.24) is 0 Å². The van der Waals surface area contributed by atoms with Crippen LogP contribution < -0.4 is 0 Å². The summed E-state index contributed by atoms with van der Waals surface area (Å²) in [5.41, 5.74) is -0.254. The molecule has 0 saturated carbocycles. The molecule has 0 bridgehead atoms. The van der Waals surface area contributed by atoms with Crippen LogP contribution in [0.3, 0.4) is 0 Å². The molecular formula is C20H31NO3Si. The molecule has 0 aromatic heterocycles. The fourth-order valence-corrected chi connectivity index (χ4v) is 3.53. The van der Waals surface area contributed by atoms with Crippen LogP contribution in [0, 0.1) is 11.3 Å². The van der Waals surface area contributed by atoms with Crippen molar-refractivity contribution in [2.75, 3.05) is 13.2 Å². The predicted molar refractivity (Wildman–Crippen MR) is 105 cm³/mol. The highest BCUT2D eigenvalue weighted by Crippen LogP contribution is 2.28. The molecule has 0 heterocycles. The lowest BCUT2D eigenvalue weighted by Crippen LogP contribution is -2.51. The molecular weight excluding hydrogens is 330 g/mol. The zero-order valence-electron chi connectivity index (χ0n) is 16.1. The van der Waals surface area contributed by atoms with Gasteiger partial charge in [-0.3, -0.25) is 0 Å². The molecule has 0 aliphatic carbocycles. The lowest BCUT2D eigenvalue weighted by Gasteiger charge is -2.37. The van der Waals surface area contributed by atoms with Gasteiger partial charge in [-0.25, -0.2) is 0 Å². The number of benzene rings is 1. The summed E-state index contributed by atoms with van der Waals surface area (Å²) in [5.74, 6) is 0. The van der Waals surface area contributed by atoms with Crippen LogP contribution in [0.1, 0.15) is 32.3 Å². The molecule has 25 heavy (non-hydrogen) atoms. The second kappa shape index (κ2) is 10.5. The Morgan fingerprint density at radius 2 is 1.64 bits per heavy atom. The second-order valence-electron chi connectivity index (χ2n) is 6.94. The summed E-state index contributed by atoms with van der Waals surface area (Å²) < 4.78 is 18.1. The lowest BCUT2D eigenvalue weighted by molar-refractivity contribution is -0.199. The SMILES string of the molecule is CCCOC(OCCC)[C@](C#N)(/C=C/c1ccccc1)O[Si](C)(C)C. The van der Waals surface area contributed by atoms with E-state index in [1.807, 2.05) is 50.3 Å².